The third-order valence-corrected chi connectivity index (χ3v) is 5.44. The van der Waals surface area contributed by atoms with Crippen molar-refractivity contribution in [1.29, 1.82) is 0 Å². The minimum Gasteiger partial charge on any atom is -0.0887 e. The second-order valence-corrected chi connectivity index (χ2v) is 6.20. The highest BCUT2D eigenvalue weighted by Gasteiger charge is 2.49. The van der Waals surface area contributed by atoms with Gasteiger partial charge in [-0.05, 0) is 43.4 Å². The molecule has 2 saturated carbocycles. The summed E-state index contributed by atoms with van der Waals surface area (Å²) in [5, 5.41) is 0. The van der Waals surface area contributed by atoms with Crippen LogP contribution in [0.25, 0.3) is 0 Å². The molecule has 0 aliphatic heterocycles. The second kappa shape index (κ2) is 3.92. The molecule has 2 unspecified atom stereocenters. The van der Waals surface area contributed by atoms with Crippen LogP contribution in [0, 0.1) is 11.3 Å². The molecule has 2 atom stereocenters. The lowest BCUT2D eigenvalue weighted by molar-refractivity contribution is 0.0353. The Morgan fingerprint density at radius 3 is 2.46 bits per heavy atom. The topological polar surface area (TPSA) is 0 Å². The molecule has 13 heavy (non-hydrogen) atoms. The first-order valence-corrected chi connectivity index (χ1v) is 6.84. The predicted octanol–water partition coefficient (Wildman–Crippen LogP) is 4.52. The summed E-state index contributed by atoms with van der Waals surface area (Å²) in [4.78, 5) is 0.823. The molecule has 0 nitrogen and oxygen atoms in total. The number of halogens is 1. The van der Waals surface area contributed by atoms with Crippen LogP contribution in [0.3, 0.4) is 0 Å². The van der Waals surface area contributed by atoms with Crippen LogP contribution in [0.15, 0.2) is 0 Å². The van der Waals surface area contributed by atoms with Crippen molar-refractivity contribution >= 4 is 15.9 Å². The van der Waals surface area contributed by atoms with Crippen LogP contribution < -0.4 is 0 Å². The van der Waals surface area contributed by atoms with Crippen molar-refractivity contribution in [3.63, 3.8) is 0 Å². The van der Waals surface area contributed by atoms with Gasteiger partial charge in [-0.15, -0.1) is 0 Å². The van der Waals surface area contributed by atoms with Crippen LogP contribution in [0.5, 0.6) is 0 Å². The van der Waals surface area contributed by atoms with Crippen LogP contribution in [0.4, 0.5) is 0 Å². The quantitative estimate of drug-likeness (QED) is 0.641. The monoisotopic (exact) mass is 244 g/mol. The normalized spacial score (nSPS) is 33.2. The lowest BCUT2D eigenvalue weighted by Gasteiger charge is -2.50. The maximum Gasteiger partial charge on any atom is 0.0179 e. The van der Waals surface area contributed by atoms with E-state index in [2.05, 4.69) is 22.9 Å². The second-order valence-electron chi connectivity index (χ2n) is 5.02. The molecule has 0 saturated heterocycles. The SMILES string of the molecule is CCCC(Br)C1CCC12CCCC2. The van der Waals surface area contributed by atoms with Gasteiger partial charge < -0.3 is 0 Å². The van der Waals surface area contributed by atoms with Gasteiger partial charge in [-0.25, -0.2) is 0 Å². The van der Waals surface area contributed by atoms with Gasteiger partial charge >= 0.3 is 0 Å². The minimum atomic E-state index is 0.809. The number of alkyl halides is 1. The van der Waals surface area contributed by atoms with Crippen molar-refractivity contribution in [2.75, 3.05) is 0 Å². The minimum absolute atomic E-state index is 0.809. The summed E-state index contributed by atoms with van der Waals surface area (Å²) in [5.41, 5.74) is 0.809. The largest absolute Gasteiger partial charge is 0.0887 e. The van der Waals surface area contributed by atoms with E-state index in [4.69, 9.17) is 0 Å². The fourth-order valence-corrected chi connectivity index (χ4v) is 4.74. The molecule has 1 heteroatoms. The van der Waals surface area contributed by atoms with E-state index in [0.29, 0.717) is 0 Å². The first kappa shape index (κ1) is 10.0. The Kier molecular flexibility index (Phi) is 3.02. The van der Waals surface area contributed by atoms with Crippen LogP contribution in [0.2, 0.25) is 0 Å². The van der Waals surface area contributed by atoms with Gasteiger partial charge in [-0.2, -0.15) is 0 Å². The third kappa shape index (κ3) is 1.69. The van der Waals surface area contributed by atoms with E-state index in [0.717, 1.165) is 16.2 Å². The molecule has 76 valence electrons. The van der Waals surface area contributed by atoms with Crippen molar-refractivity contribution in [2.45, 2.75) is 63.1 Å². The third-order valence-electron chi connectivity index (χ3n) is 4.34. The Morgan fingerprint density at radius 2 is 2.00 bits per heavy atom. The Labute approximate surface area is 90.6 Å². The van der Waals surface area contributed by atoms with Gasteiger partial charge in [0.15, 0.2) is 0 Å². The summed E-state index contributed by atoms with van der Waals surface area (Å²) in [6, 6.07) is 0. The molecule has 0 heterocycles. The first-order valence-electron chi connectivity index (χ1n) is 5.92. The molecule has 2 aliphatic carbocycles. The molecule has 0 bridgehead atoms. The Morgan fingerprint density at radius 1 is 1.31 bits per heavy atom. The van der Waals surface area contributed by atoms with Gasteiger partial charge in [0.2, 0.25) is 0 Å². The standard InChI is InChI=1S/C12H21Br/c1-2-5-11(13)10-6-9-12(10)7-3-4-8-12/h10-11H,2-9H2,1H3. The van der Waals surface area contributed by atoms with Crippen molar-refractivity contribution in [1.82, 2.24) is 0 Å². The first-order chi connectivity index (χ1) is 6.28. The maximum absolute atomic E-state index is 3.90. The van der Waals surface area contributed by atoms with Gasteiger partial charge in [-0.3, -0.25) is 0 Å². The zero-order valence-corrected chi connectivity index (χ0v) is 10.3. The fraction of sp³-hybridized carbons (Fsp3) is 1.00. The maximum atomic E-state index is 3.90. The molecule has 0 N–H and O–H groups in total. The highest BCUT2D eigenvalue weighted by Crippen LogP contribution is 2.59. The molecule has 0 aromatic heterocycles. The molecule has 0 aromatic carbocycles. The highest BCUT2D eigenvalue weighted by molar-refractivity contribution is 9.09. The number of hydrogen-bond donors (Lipinski definition) is 0. The van der Waals surface area contributed by atoms with E-state index >= 15 is 0 Å². The summed E-state index contributed by atoms with van der Waals surface area (Å²) in [5.74, 6) is 1.02. The zero-order valence-electron chi connectivity index (χ0n) is 8.69. The van der Waals surface area contributed by atoms with E-state index in [9.17, 15) is 0 Å². The summed E-state index contributed by atoms with van der Waals surface area (Å²) >= 11 is 3.90. The van der Waals surface area contributed by atoms with E-state index in [1.807, 2.05) is 0 Å². The van der Waals surface area contributed by atoms with E-state index in [1.165, 1.54) is 51.4 Å². The van der Waals surface area contributed by atoms with E-state index in [1.54, 1.807) is 0 Å². The van der Waals surface area contributed by atoms with Crippen molar-refractivity contribution in [3.05, 3.63) is 0 Å². The van der Waals surface area contributed by atoms with Crippen LogP contribution >= 0.6 is 15.9 Å². The van der Waals surface area contributed by atoms with E-state index in [-0.39, 0.29) is 0 Å². The number of hydrogen-bond acceptors (Lipinski definition) is 0. The number of rotatable bonds is 3. The smallest absolute Gasteiger partial charge is 0.0179 e. The van der Waals surface area contributed by atoms with Crippen LogP contribution in [-0.4, -0.2) is 4.83 Å². The van der Waals surface area contributed by atoms with Crippen molar-refractivity contribution < 1.29 is 0 Å². The molecular formula is C12H21Br. The molecule has 0 radical (unpaired) electrons. The van der Waals surface area contributed by atoms with Crippen molar-refractivity contribution in [3.8, 4) is 0 Å². The van der Waals surface area contributed by atoms with Crippen LogP contribution in [-0.2, 0) is 0 Å². The zero-order chi connectivity index (χ0) is 9.31. The summed E-state index contributed by atoms with van der Waals surface area (Å²) < 4.78 is 0. The van der Waals surface area contributed by atoms with Crippen molar-refractivity contribution in [2.24, 2.45) is 11.3 Å². The molecule has 0 amide bonds. The van der Waals surface area contributed by atoms with Crippen LogP contribution in [0.1, 0.15) is 58.3 Å². The Balaban J connectivity index is 1.93. The van der Waals surface area contributed by atoms with Gasteiger partial charge in [0.25, 0.3) is 0 Å². The van der Waals surface area contributed by atoms with Gasteiger partial charge in [0.05, 0.1) is 0 Å². The average molecular weight is 245 g/mol. The fourth-order valence-electron chi connectivity index (χ4n) is 3.46. The Bertz CT molecular complexity index is 170. The summed E-state index contributed by atoms with van der Waals surface area (Å²) in [7, 11) is 0. The molecule has 2 fully saturated rings. The predicted molar refractivity (Wildman–Crippen MR) is 61.2 cm³/mol. The van der Waals surface area contributed by atoms with Gasteiger partial charge in [-0.1, -0.05) is 42.1 Å². The highest BCUT2D eigenvalue weighted by atomic mass is 79.9. The summed E-state index contributed by atoms with van der Waals surface area (Å²) in [6.07, 6.45) is 11.8. The van der Waals surface area contributed by atoms with E-state index < -0.39 is 0 Å². The van der Waals surface area contributed by atoms with Gasteiger partial charge in [0.1, 0.15) is 0 Å². The molecule has 1 spiro atoms. The molecule has 2 rings (SSSR count). The molecule has 0 aromatic rings. The Hall–Kier alpha value is 0.480. The average Bonchev–Trinajstić information content (AvgIpc) is 2.52. The molecular weight excluding hydrogens is 224 g/mol. The lowest BCUT2D eigenvalue weighted by atomic mass is 9.57. The lowest BCUT2D eigenvalue weighted by Crippen LogP contribution is -2.42. The van der Waals surface area contributed by atoms with Gasteiger partial charge in [0, 0.05) is 4.83 Å². The summed E-state index contributed by atoms with van der Waals surface area (Å²) in [6.45, 7) is 2.30. The molecule has 2 aliphatic rings.